The molecule has 1 heterocycles. The maximum Gasteiger partial charge on any atom is 0.0372 e. The molecule has 2 nitrogen and oxygen atoms in total. The largest absolute Gasteiger partial charge is 0.310 e. The molecule has 1 aliphatic rings. The zero-order chi connectivity index (χ0) is 13.5. The van der Waals surface area contributed by atoms with E-state index in [2.05, 4.69) is 29.4 Å². The Morgan fingerprint density at radius 2 is 2.05 bits per heavy atom. The first-order chi connectivity index (χ1) is 9.29. The normalized spacial score (nSPS) is 18.4. The van der Waals surface area contributed by atoms with Gasteiger partial charge in [-0.3, -0.25) is 4.98 Å². The Bertz CT molecular complexity index is 352. The number of hydrogen-bond donors (Lipinski definition) is 1. The van der Waals surface area contributed by atoms with Crippen LogP contribution in [0.2, 0.25) is 0 Å². The van der Waals surface area contributed by atoms with E-state index in [4.69, 9.17) is 0 Å². The van der Waals surface area contributed by atoms with Crippen LogP contribution in [0.3, 0.4) is 0 Å². The van der Waals surface area contributed by atoms with Crippen LogP contribution in [0.1, 0.15) is 69.2 Å². The average molecular weight is 260 g/mol. The first kappa shape index (κ1) is 14.5. The van der Waals surface area contributed by atoms with E-state index in [0.29, 0.717) is 6.04 Å². The summed E-state index contributed by atoms with van der Waals surface area (Å²) in [6, 6.07) is 4.84. The van der Waals surface area contributed by atoms with Crippen molar-refractivity contribution < 1.29 is 0 Å². The Balaban J connectivity index is 1.89. The third kappa shape index (κ3) is 4.61. The summed E-state index contributed by atoms with van der Waals surface area (Å²) in [5.41, 5.74) is 2.45. The second-order valence-corrected chi connectivity index (χ2v) is 5.92. The van der Waals surface area contributed by atoms with Gasteiger partial charge >= 0.3 is 0 Å². The van der Waals surface area contributed by atoms with Crippen molar-refractivity contribution in [2.45, 2.75) is 64.8 Å². The monoisotopic (exact) mass is 260 g/mol. The summed E-state index contributed by atoms with van der Waals surface area (Å²) in [7, 11) is 0. The molecule has 1 unspecified atom stereocenters. The van der Waals surface area contributed by atoms with Gasteiger partial charge in [0, 0.05) is 17.9 Å². The van der Waals surface area contributed by atoms with Crippen LogP contribution in [0.25, 0.3) is 0 Å². The quantitative estimate of drug-likeness (QED) is 0.820. The Morgan fingerprint density at radius 1 is 1.26 bits per heavy atom. The summed E-state index contributed by atoms with van der Waals surface area (Å²) in [6.45, 7) is 5.27. The maximum atomic E-state index is 4.44. The Hall–Kier alpha value is -0.890. The van der Waals surface area contributed by atoms with Crippen molar-refractivity contribution in [2.75, 3.05) is 6.54 Å². The predicted octanol–water partition coefficient (Wildman–Crippen LogP) is 4.40. The summed E-state index contributed by atoms with van der Waals surface area (Å²) in [5, 5.41) is 3.62. The van der Waals surface area contributed by atoms with E-state index < -0.39 is 0 Å². The number of rotatable bonds is 6. The van der Waals surface area contributed by atoms with Crippen molar-refractivity contribution in [1.29, 1.82) is 0 Å². The predicted molar refractivity (Wildman–Crippen MR) is 81.2 cm³/mol. The summed E-state index contributed by atoms with van der Waals surface area (Å²) in [5.74, 6) is 0.966. The highest BCUT2D eigenvalue weighted by Gasteiger charge is 2.17. The van der Waals surface area contributed by atoms with E-state index >= 15 is 0 Å². The fourth-order valence-corrected chi connectivity index (χ4v) is 3.20. The minimum Gasteiger partial charge on any atom is -0.310 e. The van der Waals surface area contributed by atoms with Gasteiger partial charge in [-0.25, -0.2) is 0 Å². The molecule has 2 rings (SSSR count). The average Bonchev–Trinajstić information content (AvgIpc) is 2.46. The van der Waals surface area contributed by atoms with Crippen molar-refractivity contribution in [3.8, 4) is 0 Å². The smallest absolute Gasteiger partial charge is 0.0372 e. The highest BCUT2D eigenvalue weighted by atomic mass is 14.9. The van der Waals surface area contributed by atoms with Crippen molar-refractivity contribution in [2.24, 2.45) is 5.92 Å². The molecule has 0 saturated heterocycles. The molecular formula is C17H28N2. The van der Waals surface area contributed by atoms with E-state index in [9.17, 15) is 0 Å². The number of aromatic nitrogens is 1. The van der Waals surface area contributed by atoms with Crippen molar-refractivity contribution in [1.82, 2.24) is 10.3 Å². The lowest BCUT2D eigenvalue weighted by Gasteiger charge is -2.25. The van der Waals surface area contributed by atoms with Gasteiger partial charge in [-0.15, -0.1) is 0 Å². The van der Waals surface area contributed by atoms with Crippen LogP contribution in [0.5, 0.6) is 0 Å². The van der Waals surface area contributed by atoms with Crippen molar-refractivity contribution >= 4 is 0 Å². The molecule has 1 aliphatic carbocycles. The second kappa shape index (κ2) is 7.64. The van der Waals surface area contributed by atoms with Gasteiger partial charge < -0.3 is 5.32 Å². The second-order valence-electron chi connectivity index (χ2n) is 5.92. The highest BCUT2D eigenvalue weighted by Crippen LogP contribution is 2.30. The van der Waals surface area contributed by atoms with Crippen LogP contribution < -0.4 is 5.32 Å². The van der Waals surface area contributed by atoms with Gasteiger partial charge in [-0.05, 0) is 43.9 Å². The number of nitrogens with one attached hydrogen (secondary N) is 1. The standard InChI is InChI=1S/C17H28N2/c1-3-18-17(16-11-9-14(2)19-13-16)12-10-15-7-5-4-6-8-15/h9,11,13,15,17-18H,3-8,10,12H2,1-2H3. The van der Waals surface area contributed by atoms with Crippen LogP contribution in [-0.4, -0.2) is 11.5 Å². The van der Waals surface area contributed by atoms with Crippen LogP contribution in [0.15, 0.2) is 18.3 Å². The van der Waals surface area contributed by atoms with Gasteiger partial charge in [0.05, 0.1) is 0 Å². The minimum absolute atomic E-state index is 0.486. The lowest BCUT2D eigenvalue weighted by atomic mass is 9.84. The number of aryl methyl sites for hydroxylation is 1. The van der Waals surface area contributed by atoms with E-state index in [1.165, 1.54) is 50.5 Å². The molecule has 0 aromatic carbocycles. The highest BCUT2D eigenvalue weighted by molar-refractivity contribution is 5.17. The zero-order valence-electron chi connectivity index (χ0n) is 12.5. The lowest BCUT2D eigenvalue weighted by molar-refractivity contribution is 0.315. The van der Waals surface area contributed by atoms with Gasteiger partial charge in [0.2, 0.25) is 0 Å². The summed E-state index contributed by atoms with van der Waals surface area (Å²) >= 11 is 0. The molecule has 1 aromatic heterocycles. The van der Waals surface area contributed by atoms with E-state index in [1.54, 1.807) is 0 Å². The molecular weight excluding hydrogens is 232 g/mol. The maximum absolute atomic E-state index is 4.44. The summed E-state index contributed by atoms with van der Waals surface area (Å²) < 4.78 is 0. The molecule has 0 spiro atoms. The van der Waals surface area contributed by atoms with Gasteiger partial charge in [-0.1, -0.05) is 45.1 Å². The number of pyridine rings is 1. The van der Waals surface area contributed by atoms with Crippen molar-refractivity contribution in [3.05, 3.63) is 29.6 Å². The fraction of sp³-hybridized carbons (Fsp3) is 0.706. The lowest BCUT2D eigenvalue weighted by Crippen LogP contribution is -2.22. The number of nitrogens with zero attached hydrogens (tertiary/aromatic N) is 1. The molecule has 0 amide bonds. The SMILES string of the molecule is CCNC(CCC1CCCCC1)c1ccc(C)nc1. The fourth-order valence-electron chi connectivity index (χ4n) is 3.20. The van der Waals surface area contributed by atoms with Gasteiger partial charge in [0.25, 0.3) is 0 Å². The molecule has 0 aliphatic heterocycles. The molecule has 19 heavy (non-hydrogen) atoms. The van der Waals surface area contributed by atoms with Crippen molar-refractivity contribution in [3.63, 3.8) is 0 Å². The molecule has 106 valence electrons. The van der Waals surface area contributed by atoms with Gasteiger partial charge in [0.1, 0.15) is 0 Å². The first-order valence-electron chi connectivity index (χ1n) is 7.95. The Labute approximate surface area is 118 Å². The summed E-state index contributed by atoms with van der Waals surface area (Å²) in [4.78, 5) is 4.44. The summed E-state index contributed by atoms with van der Waals surface area (Å²) in [6.07, 6.45) is 11.9. The van der Waals surface area contributed by atoms with E-state index in [1.807, 2.05) is 13.1 Å². The molecule has 2 heteroatoms. The zero-order valence-corrected chi connectivity index (χ0v) is 12.5. The van der Waals surface area contributed by atoms with Crippen LogP contribution in [0, 0.1) is 12.8 Å². The minimum atomic E-state index is 0.486. The van der Waals surface area contributed by atoms with Crippen LogP contribution in [0.4, 0.5) is 0 Å². The third-order valence-corrected chi connectivity index (χ3v) is 4.38. The molecule has 1 N–H and O–H groups in total. The molecule has 1 saturated carbocycles. The molecule has 0 bridgehead atoms. The third-order valence-electron chi connectivity index (χ3n) is 4.38. The van der Waals surface area contributed by atoms with Gasteiger partial charge in [-0.2, -0.15) is 0 Å². The molecule has 1 atom stereocenters. The molecule has 0 radical (unpaired) electrons. The van der Waals surface area contributed by atoms with Crippen LogP contribution >= 0.6 is 0 Å². The molecule has 1 fully saturated rings. The van der Waals surface area contributed by atoms with E-state index in [-0.39, 0.29) is 0 Å². The Kier molecular flexibility index (Phi) is 5.84. The molecule has 1 aromatic rings. The van der Waals surface area contributed by atoms with E-state index in [0.717, 1.165) is 18.2 Å². The van der Waals surface area contributed by atoms with Gasteiger partial charge in [0.15, 0.2) is 0 Å². The number of hydrogen-bond acceptors (Lipinski definition) is 2. The van der Waals surface area contributed by atoms with Crippen LogP contribution in [-0.2, 0) is 0 Å². The topological polar surface area (TPSA) is 24.9 Å². The first-order valence-corrected chi connectivity index (χ1v) is 7.95. The Morgan fingerprint density at radius 3 is 2.68 bits per heavy atom.